The maximum absolute atomic E-state index is 13.5. The minimum absolute atomic E-state index is 0.00147. The van der Waals surface area contributed by atoms with E-state index in [4.69, 9.17) is 9.47 Å². The van der Waals surface area contributed by atoms with Crippen LogP contribution < -0.4 is 9.64 Å². The van der Waals surface area contributed by atoms with E-state index in [-0.39, 0.29) is 37.1 Å². The van der Waals surface area contributed by atoms with Gasteiger partial charge in [0, 0.05) is 62.0 Å². The molecule has 2 aliphatic rings. The zero-order chi connectivity index (χ0) is 31.2. The molecule has 5 rings (SSSR count). The Balaban J connectivity index is 1.31. The van der Waals surface area contributed by atoms with Crippen LogP contribution in [0.5, 0.6) is 11.5 Å². The number of rotatable bonds is 9. The highest BCUT2D eigenvalue weighted by Gasteiger charge is 2.38. The molecule has 0 saturated carbocycles. The number of esters is 1. The van der Waals surface area contributed by atoms with Crippen LogP contribution in [0.3, 0.4) is 0 Å². The number of nitro groups is 1. The van der Waals surface area contributed by atoms with E-state index in [1.165, 1.54) is 17.0 Å². The van der Waals surface area contributed by atoms with Gasteiger partial charge < -0.3 is 24.2 Å². The zero-order valence-corrected chi connectivity index (χ0v) is 24.7. The molecule has 3 aromatic rings. The number of amides is 2. The van der Waals surface area contributed by atoms with E-state index in [1.807, 2.05) is 54.6 Å². The summed E-state index contributed by atoms with van der Waals surface area (Å²) in [6.45, 7) is 5.35. The molecule has 0 N–H and O–H groups in total. The molecule has 3 aromatic carbocycles. The Kier molecular flexibility index (Phi) is 9.23. The van der Waals surface area contributed by atoms with Crippen LogP contribution in [0.15, 0.2) is 90.1 Å². The lowest BCUT2D eigenvalue weighted by atomic mass is 9.83. The maximum atomic E-state index is 13.5. The lowest BCUT2D eigenvalue weighted by Gasteiger charge is -2.38. The number of ether oxygens (including phenoxy) is 2. The highest BCUT2D eigenvalue weighted by Crippen LogP contribution is 2.38. The predicted molar refractivity (Wildman–Crippen MR) is 163 cm³/mol. The van der Waals surface area contributed by atoms with Crippen molar-refractivity contribution >= 4 is 29.2 Å². The van der Waals surface area contributed by atoms with Gasteiger partial charge in [0.2, 0.25) is 11.8 Å². The van der Waals surface area contributed by atoms with Crippen molar-refractivity contribution in [2.75, 3.05) is 44.2 Å². The molecule has 1 unspecified atom stereocenters. The molecule has 11 nitrogen and oxygen atoms in total. The second-order valence-electron chi connectivity index (χ2n) is 10.6. The molecule has 1 saturated heterocycles. The van der Waals surface area contributed by atoms with Crippen LogP contribution in [0, 0.1) is 10.1 Å². The summed E-state index contributed by atoms with van der Waals surface area (Å²) >= 11 is 0. The topological polar surface area (TPSA) is 123 Å². The highest BCUT2D eigenvalue weighted by molar-refractivity contribution is 5.97. The SMILES string of the molecule is CCOC(=O)C1=C(C)N(CC(=O)N2CCN(c3ccc([N+](=O)[O-])cc3)CC2)C(=O)CC1c1cccc(Oc2ccccc2)c1. The number of benzene rings is 3. The second-order valence-corrected chi connectivity index (χ2v) is 10.6. The lowest BCUT2D eigenvalue weighted by Crippen LogP contribution is -2.52. The Hall–Kier alpha value is -5.19. The zero-order valence-electron chi connectivity index (χ0n) is 24.7. The fourth-order valence-electron chi connectivity index (χ4n) is 5.62. The van der Waals surface area contributed by atoms with Crippen LogP contribution in [0.2, 0.25) is 0 Å². The molecule has 0 bridgehead atoms. The Morgan fingerprint density at radius 3 is 2.27 bits per heavy atom. The molecule has 11 heteroatoms. The summed E-state index contributed by atoms with van der Waals surface area (Å²) in [4.78, 5) is 55.8. The van der Waals surface area contributed by atoms with Gasteiger partial charge >= 0.3 is 5.97 Å². The number of hydrogen-bond acceptors (Lipinski definition) is 8. The van der Waals surface area contributed by atoms with E-state index in [9.17, 15) is 24.5 Å². The van der Waals surface area contributed by atoms with Crippen LogP contribution in [-0.4, -0.2) is 71.8 Å². The average molecular weight is 599 g/mol. The van der Waals surface area contributed by atoms with Gasteiger partial charge in [-0.05, 0) is 55.8 Å². The maximum Gasteiger partial charge on any atom is 0.336 e. The van der Waals surface area contributed by atoms with Crippen molar-refractivity contribution in [3.05, 3.63) is 106 Å². The van der Waals surface area contributed by atoms with Gasteiger partial charge in [0.15, 0.2) is 0 Å². The summed E-state index contributed by atoms with van der Waals surface area (Å²) in [5, 5.41) is 11.0. The van der Waals surface area contributed by atoms with Gasteiger partial charge in [-0.1, -0.05) is 30.3 Å². The van der Waals surface area contributed by atoms with Gasteiger partial charge in [-0.2, -0.15) is 0 Å². The monoisotopic (exact) mass is 598 g/mol. The van der Waals surface area contributed by atoms with Gasteiger partial charge in [0.25, 0.3) is 5.69 Å². The molecule has 44 heavy (non-hydrogen) atoms. The van der Waals surface area contributed by atoms with E-state index in [1.54, 1.807) is 30.9 Å². The smallest absolute Gasteiger partial charge is 0.336 e. The first-order valence-corrected chi connectivity index (χ1v) is 14.5. The molecular weight excluding hydrogens is 564 g/mol. The van der Waals surface area contributed by atoms with Crippen LogP contribution in [0.1, 0.15) is 31.7 Å². The summed E-state index contributed by atoms with van der Waals surface area (Å²) in [6.07, 6.45) is 0.00147. The van der Waals surface area contributed by atoms with Crippen molar-refractivity contribution in [2.45, 2.75) is 26.2 Å². The molecule has 0 spiro atoms. The Morgan fingerprint density at radius 1 is 0.932 bits per heavy atom. The molecule has 1 fully saturated rings. The van der Waals surface area contributed by atoms with Crippen molar-refractivity contribution in [1.82, 2.24) is 9.80 Å². The third-order valence-electron chi connectivity index (χ3n) is 7.91. The van der Waals surface area contributed by atoms with Crippen LogP contribution in [-0.2, 0) is 19.1 Å². The largest absolute Gasteiger partial charge is 0.463 e. The second kappa shape index (κ2) is 13.4. The quantitative estimate of drug-likeness (QED) is 0.194. The lowest BCUT2D eigenvalue weighted by molar-refractivity contribution is -0.384. The summed E-state index contributed by atoms with van der Waals surface area (Å²) < 4.78 is 11.4. The molecule has 228 valence electrons. The van der Waals surface area contributed by atoms with E-state index in [0.29, 0.717) is 48.9 Å². The molecule has 2 heterocycles. The Bertz CT molecular complexity index is 1560. The van der Waals surface area contributed by atoms with Crippen molar-refractivity contribution < 1.29 is 28.8 Å². The molecule has 0 aromatic heterocycles. The third kappa shape index (κ3) is 6.72. The normalized spacial score (nSPS) is 17.0. The number of carbonyl (C=O) groups is 3. The molecule has 0 radical (unpaired) electrons. The predicted octanol–water partition coefficient (Wildman–Crippen LogP) is 4.89. The first-order valence-electron chi connectivity index (χ1n) is 14.5. The van der Waals surface area contributed by atoms with Gasteiger partial charge in [0.05, 0.1) is 17.1 Å². The first-order chi connectivity index (χ1) is 21.2. The van der Waals surface area contributed by atoms with Gasteiger partial charge in [-0.15, -0.1) is 0 Å². The molecular formula is C33H34N4O7. The molecule has 2 amide bonds. The minimum Gasteiger partial charge on any atom is -0.463 e. The summed E-state index contributed by atoms with van der Waals surface area (Å²) in [7, 11) is 0. The number of non-ortho nitro benzene ring substituents is 1. The fraction of sp³-hybridized carbons (Fsp3) is 0.303. The third-order valence-corrected chi connectivity index (χ3v) is 7.91. The number of carbonyl (C=O) groups excluding carboxylic acids is 3. The van der Waals surface area contributed by atoms with Crippen LogP contribution in [0.25, 0.3) is 0 Å². The number of nitrogens with zero attached hydrogens (tertiary/aromatic N) is 4. The number of hydrogen-bond donors (Lipinski definition) is 0. The first kappa shape index (κ1) is 30.3. The Morgan fingerprint density at radius 2 is 1.61 bits per heavy atom. The average Bonchev–Trinajstić information content (AvgIpc) is 3.03. The van der Waals surface area contributed by atoms with Gasteiger partial charge in [0.1, 0.15) is 18.0 Å². The number of anilines is 1. The number of para-hydroxylation sites is 1. The summed E-state index contributed by atoms with van der Waals surface area (Å²) in [5.74, 6) is -0.315. The molecule has 0 aliphatic carbocycles. The summed E-state index contributed by atoms with van der Waals surface area (Å²) in [5.41, 5.74) is 2.35. The van der Waals surface area contributed by atoms with Crippen molar-refractivity contribution in [1.29, 1.82) is 0 Å². The van der Waals surface area contributed by atoms with Crippen molar-refractivity contribution in [3.8, 4) is 11.5 Å². The summed E-state index contributed by atoms with van der Waals surface area (Å²) in [6, 6.07) is 23.0. The fourth-order valence-corrected chi connectivity index (χ4v) is 5.62. The van der Waals surface area contributed by atoms with Crippen LogP contribution >= 0.6 is 0 Å². The Labute approximate surface area is 255 Å². The van der Waals surface area contributed by atoms with Gasteiger partial charge in [-0.25, -0.2) is 4.79 Å². The van der Waals surface area contributed by atoms with E-state index in [0.717, 1.165) is 11.3 Å². The van der Waals surface area contributed by atoms with E-state index >= 15 is 0 Å². The standard InChI is InChI=1S/C33H34N4O7/c1-3-43-33(40)32-23(2)36(22-31(39)35-18-16-34(17-19-35)25-12-14-26(15-13-25)37(41)42)30(38)21-29(32)24-8-7-11-28(20-24)44-27-9-5-4-6-10-27/h4-15,20,29H,3,16-19,21-22H2,1-2H3. The van der Waals surface area contributed by atoms with E-state index in [2.05, 4.69) is 4.90 Å². The van der Waals surface area contributed by atoms with Crippen molar-refractivity contribution in [2.24, 2.45) is 0 Å². The van der Waals surface area contributed by atoms with E-state index < -0.39 is 16.8 Å². The number of piperazine rings is 1. The highest BCUT2D eigenvalue weighted by atomic mass is 16.6. The number of nitro benzene ring substituents is 1. The van der Waals surface area contributed by atoms with Crippen LogP contribution in [0.4, 0.5) is 11.4 Å². The van der Waals surface area contributed by atoms with Crippen molar-refractivity contribution in [3.63, 3.8) is 0 Å². The molecule has 1 atom stereocenters. The number of allylic oxidation sites excluding steroid dienone is 1. The van der Waals surface area contributed by atoms with Gasteiger partial charge in [-0.3, -0.25) is 19.7 Å². The minimum atomic E-state index is -0.558. The molecule has 2 aliphatic heterocycles.